The number of ether oxygens (including phenoxy) is 1. The Balaban J connectivity index is 2.68. The van der Waals surface area contributed by atoms with E-state index >= 15 is 0 Å². The lowest BCUT2D eigenvalue weighted by atomic mass is 10.1. The summed E-state index contributed by atoms with van der Waals surface area (Å²) >= 11 is 12.2. The van der Waals surface area contributed by atoms with Gasteiger partial charge in [-0.3, -0.25) is 9.10 Å². The van der Waals surface area contributed by atoms with Crippen molar-refractivity contribution in [2.45, 2.75) is 18.2 Å². The van der Waals surface area contributed by atoms with Crippen molar-refractivity contribution in [3.8, 4) is 5.75 Å². The van der Waals surface area contributed by atoms with Gasteiger partial charge in [0, 0.05) is 0 Å². The van der Waals surface area contributed by atoms with E-state index in [2.05, 4.69) is 0 Å². The number of hydrogen-bond acceptors (Lipinski definition) is 4. The van der Waals surface area contributed by atoms with E-state index in [9.17, 15) is 18.3 Å². The summed E-state index contributed by atoms with van der Waals surface area (Å²) in [7, 11) is -2.90. The van der Waals surface area contributed by atoms with E-state index in [4.69, 9.17) is 27.9 Å². The predicted molar refractivity (Wildman–Crippen MR) is 101 cm³/mol. The summed E-state index contributed by atoms with van der Waals surface area (Å²) in [5, 5.41) is 8.95. The number of sulfonamides is 1. The van der Waals surface area contributed by atoms with Crippen LogP contribution in [-0.2, 0) is 21.2 Å². The van der Waals surface area contributed by atoms with E-state index in [0.29, 0.717) is 12.0 Å². The first-order chi connectivity index (χ1) is 12.2. The molecular weight excluding hydrogens is 401 g/mol. The largest absolute Gasteiger partial charge is 0.495 e. The topological polar surface area (TPSA) is 83.9 Å². The molecule has 6 nitrogen and oxygen atoms in total. The first-order valence-electron chi connectivity index (χ1n) is 7.58. The van der Waals surface area contributed by atoms with E-state index in [0.717, 1.165) is 4.31 Å². The lowest BCUT2D eigenvalue weighted by molar-refractivity contribution is -0.135. The first kappa shape index (κ1) is 20.4. The number of carboxylic acids is 1. The summed E-state index contributed by atoms with van der Waals surface area (Å²) in [5.74, 6) is -1.08. The van der Waals surface area contributed by atoms with E-state index in [-0.39, 0.29) is 26.4 Å². The average molecular weight is 418 g/mol. The Kier molecular flexibility index (Phi) is 6.39. The molecule has 1 N–H and O–H groups in total. The van der Waals surface area contributed by atoms with Crippen LogP contribution in [0.25, 0.3) is 0 Å². The molecule has 0 heterocycles. The number of anilines is 1. The van der Waals surface area contributed by atoms with Gasteiger partial charge >= 0.3 is 5.97 Å². The summed E-state index contributed by atoms with van der Waals surface area (Å²) in [6.07, 6.45) is 0.527. The Morgan fingerprint density at radius 1 is 1.15 bits per heavy atom. The van der Waals surface area contributed by atoms with Gasteiger partial charge in [0.05, 0.1) is 17.8 Å². The van der Waals surface area contributed by atoms with Crippen molar-refractivity contribution in [3.63, 3.8) is 0 Å². The molecule has 0 amide bonds. The SMILES string of the molecule is CCc1ccccc1N(CC(=O)O)S(=O)(=O)c1ccc(OC)c(Cl)c1Cl. The lowest BCUT2D eigenvalue weighted by Gasteiger charge is -2.25. The number of nitrogens with zero attached hydrogens (tertiary/aromatic N) is 1. The number of halogens is 2. The van der Waals surface area contributed by atoms with Crippen molar-refractivity contribution in [1.82, 2.24) is 0 Å². The molecule has 0 unspecified atom stereocenters. The number of aliphatic carboxylic acids is 1. The molecule has 26 heavy (non-hydrogen) atoms. The van der Waals surface area contributed by atoms with Crippen LogP contribution < -0.4 is 9.04 Å². The van der Waals surface area contributed by atoms with Crippen LogP contribution in [0, 0.1) is 0 Å². The Hall–Kier alpha value is -1.96. The van der Waals surface area contributed by atoms with Crippen molar-refractivity contribution in [1.29, 1.82) is 0 Å². The maximum Gasteiger partial charge on any atom is 0.324 e. The number of carbonyl (C=O) groups is 1. The molecule has 0 aliphatic heterocycles. The van der Waals surface area contributed by atoms with Crippen LogP contribution in [-0.4, -0.2) is 33.1 Å². The van der Waals surface area contributed by atoms with E-state index < -0.39 is 22.5 Å². The number of aryl methyl sites for hydroxylation is 1. The fourth-order valence-electron chi connectivity index (χ4n) is 2.47. The Morgan fingerprint density at radius 3 is 2.38 bits per heavy atom. The number of methoxy groups -OCH3 is 1. The number of para-hydroxylation sites is 1. The third-order valence-corrected chi connectivity index (χ3v) is 6.50. The summed E-state index contributed by atoms with van der Waals surface area (Å²) < 4.78 is 32.2. The normalized spacial score (nSPS) is 11.2. The average Bonchev–Trinajstić information content (AvgIpc) is 2.61. The van der Waals surface area contributed by atoms with Crippen LogP contribution in [0.4, 0.5) is 5.69 Å². The highest BCUT2D eigenvalue weighted by Crippen LogP contribution is 2.39. The van der Waals surface area contributed by atoms with E-state index in [1.165, 1.54) is 19.2 Å². The molecule has 0 saturated heterocycles. The second-order valence-corrected chi connectivity index (χ2v) is 7.87. The Labute approximate surface area is 162 Å². The number of carboxylic acid groups (broad SMARTS) is 1. The summed E-state index contributed by atoms with van der Waals surface area (Å²) in [5.41, 5.74) is 0.966. The Morgan fingerprint density at radius 2 is 1.81 bits per heavy atom. The molecule has 0 aliphatic carbocycles. The quantitative estimate of drug-likeness (QED) is 0.739. The highest BCUT2D eigenvalue weighted by atomic mass is 35.5. The molecule has 0 aliphatic rings. The predicted octanol–water partition coefficient (Wildman–Crippen LogP) is 3.84. The van der Waals surface area contributed by atoms with Gasteiger partial charge in [0.1, 0.15) is 22.2 Å². The third kappa shape index (κ3) is 3.90. The van der Waals surface area contributed by atoms with E-state index in [1.807, 2.05) is 6.92 Å². The molecule has 2 aromatic rings. The summed E-state index contributed by atoms with van der Waals surface area (Å²) in [4.78, 5) is 11.0. The van der Waals surface area contributed by atoms with Crippen LogP contribution in [0.3, 0.4) is 0 Å². The van der Waals surface area contributed by atoms with Gasteiger partial charge in [-0.15, -0.1) is 0 Å². The lowest BCUT2D eigenvalue weighted by Crippen LogP contribution is -2.36. The van der Waals surface area contributed by atoms with Crippen molar-refractivity contribution in [3.05, 3.63) is 52.0 Å². The maximum absolute atomic E-state index is 13.2. The third-order valence-electron chi connectivity index (χ3n) is 3.72. The highest BCUT2D eigenvalue weighted by Gasteiger charge is 2.31. The van der Waals surface area contributed by atoms with Gasteiger partial charge in [0.15, 0.2) is 0 Å². The van der Waals surface area contributed by atoms with Crippen molar-refractivity contribution < 1.29 is 23.1 Å². The molecular formula is C17H17Cl2NO5S. The molecule has 0 bridgehead atoms. The molecule has 0 spiro atoms. The zero-order chi connectivity index (χ0) is 19.5. The van der Waals surface area contributed by atoms with Gasteiger partial charge in [0.25, 0.3) is 10.0 Å². The molecule has 0 fully saturated rings. The van der Waals surface area contributed by atoms with E-state index in [1.54, 1.807) is 24.3 Å². The second-order valence-electron chi connectivity index (χ2n) is 5.28. The van der Waals surface area contributed by atoms with Crippen LogP contribution in [0.15, 0.2) is 41.3 Å². The number of rotatable bonds is 7. The van der Waals surface area contributed by atoms with Gasteiger partial charge in [-0.2, -0.15) is 0 Å². The fourth-order valence-corrected chi connectivity index (χ4v) is 4.74. The molecule has 0 atom stereocenters. The van der Waals surface area contributed by atoms with Crippen LogP contribution in [0.1, 0.15) is 12.5 Å². The van der Waals surface area contributed by atoms with Crippen molar-refractivity contribution >= 4 is 44.9 Å². The fraction of sp³-hybridized carbons (Fsp3) is 0.235. The smallest absolute Gasteiger partial charge is 0.324 e. The minimum Gasteiger partial charge on any atom is -0.495 e. The highest BCUT2D eigenvalue weighted by molar-refractivity contribution is 7.93. The van der Waals surface area contributed by atoms with Gasteiger partial charge in [-0.1, -0.05) is 48.3 Å². The standard InChI is InChI=1S/C17H17Cl2NO5S/c1-3-11-6-4-5-7-12(11)20(10-15(21)22)26(23,24)14-9-8-13(25-2)16(18)17(14)19/h4-9H,3,10H2,1-2H3,(H,21,22). The Bertz CT molecular complexity index is 931. The molecule has 9 heteroatoms. The first-order valence-corrected chi connectivity index (χ1v) is 9.78. The zero-order valence-electron chi connectivity index (χ0n) is 14.1. The monoisotopic (exact) mass is 417 g/mol. The molecule has 140 valence electrons. The number of hydrogen-bond donors (Lipinski definition) is 1. The van der Waals surface area contributed by atoms with Gasteiger partial charge in [-0.05, 0) is 30.2 Å². The van der Waals surface area contributed by atoms with Gasteiger partial charge in [-0.25, -0.2) is 8.42 Å². The molecule has 2 aromatic carbocycles. The molecule has 0 aromatic heterocycles. The molecule has 2 rings (SSSR count). The summed E-state index contributed by atoms with van der Waals surface area (Å²) in [6, 6.07) is 9.30. The zero-order valence-corrected chi connectivity index (χ0v) is 16.4. The molecule has 0 radical (unpaired) electrons. The van der Waals surface area contributed by atoms with Crippen LogP contribution in [0.2, 0.25) is 10.0 Å². The van der Waals surface area contributed by atoms with Crippen molar-refractivity contribution in [2.75, 3.05) is 18.0 Å². The van der Waals surface area contributed by atoms with Crippen molar-refractivity contribution in [2.24, 2.45) is 0 Å². The summed E-state index contributed by atoms with van der Waals surface area (Å²) in [6.45, 7) is 1.10. The maximum atomic E-state index is 13.2. The number of benzene rings is 2. The van der Waals surface area contributed by atoms with Gasteiger partial charge in [0.2, 0.25) is 0 Å². The minimum atomic E-state index is -4.28. The van der Waals surface area contributed by atoms with Crippen LogP contribution >= 0.6 is 23.2 Å². The molecule has 0 saturated carbocycles. The van der Waals surface area contributed by atoms with Gasteiger partial charge < -0.3 is 9.84 Å². The van der Waals surface area contributed by atoms with Crippen LogP contribution in [0.5, 0.6) is 5.75 Å². The second kappa shape index (κ2) is 8.16. The minimum absolute atomic E-state index is 0.0608.